The van der Waals surface area contributed by atoms with Gasteiger partial charge in [-0.05, 0) is 24.1 Å². The molecular weight excluding hydrogens is 218 g/mol. The van der Waals surface area contributed by atoms with Gasteiger partial charge < -0.3 is 15.2 Å². The largest absolute Gasteiger partial charge is 0.493 e. The maximum atomic E-state index is 11.3. The van der Waals surface area contributed by atoms with E-state index in [1.807, 2.05) is 18.2 Å². The van der Waals surface area contributed by atoms with Crippen molar-refractivity contribution < 1.29 is 14.3 Å². The lowest BCUT2D eigenvalue weighted by Gasteiger charge is -2.12. The van der Waals surface area contributed by atoms with E-state index in [2.05, 4.69) is 0 Å². The molecule has 1 aromatic rings. The van der Waals surface area contributed by atoms with Crippen molar-refractivity contribution in [1.29, 1.82) is 0 Å². The summed E-state index contributed by atoms with van der Waals surface area (Å²) in [6.45, 7) is 2.91. The summed E-state index contributed by atoms with van der Waals surface area (Å²) in [5, 5.41) is 0. The van der Waals surface area contributed by atoms with Crippen molar-refractivity contribution in [1.82, 2.24) is 0 Å². The molecule has 0 fully saturated rings. The monoisotopic (exact) mass is 235 g/mol. The second-order valence-corrected chi connectivity index (χ2v) is 4.08. The van der Waals surface area contributed by atoms with Gasteiger partial charge in [0.2, 0.25) is 0 Å². The Labute approximate surface area is 101 Å². The average molecular weight is 235 g/mol. The number of fused-ring (bicyclic) bond motifs is 1. The van der Waals surface area contributed by atoms with Crippen molar-refractivity contribution in [3.8, 4) is 5.75 Å². The summed E-state index contributed by atoms with van der Waals surface area (Å²) < 4.78 is 10.3. The van der Waals surface area contributed by atoms with Crippen LogP contribution in [0, 0.1) is 0 Å². The van der Waals surface area contributed by atoms with Crippen LogP contribution in [0.3, 0.4) is 0 Å². The molecule has 17 heavy (non-hydrogen) atoms. The Hall–Kier alpha value is -1.55. The topological polar surface area (TPSA) is 61.5 Å². The smallest absolute Gasteiger partial charge is 0.307 e. The molecule has 0 aliphatic carbocycles. The molecule has 0 bridgehead atoms. The van der Waals surface area contributed by atoms with Gasteiger partial charge in [0.05, 0.1) is 19.6 Å². The second-order valence-electron chi connectivity index (χ2n) is 4.08. The lowest BCUT2D eigenvalue weighted by molar-refractivity contribution is -0.143. The summed E-state index contributed by atoms with van der Waals surface area (Å²) in [5.74, 6) is 0.675. The van der Waals surface area contributed by atoms with Gasteiger partial charge in [-0.3, -0.25) is 4.79 Å². The van der Waals surface area contributed by atoms with Gasteiger partial charge in [-0.2, -0.15) is 0 Å². The Balaban J connectivity index is 2.04. The first-order chi connectivity index (χ1) is 8.20. The molecule has 0 saturated heterocycles. The average Bonchev–Trinajstić information content (AvgIpc) is 2.75. The Bertz CT molecular complexity index is 417. The van der Waals surface area contributed by atoms with Crippen molar-refractivity contribution in [2.45, 2.75) is 25.8 Å². The molecule has 1 aromatic carbocycles. The van der Waals surface area contributed by atoms with Crippen LogP contribution in [0.1, 0.15) is 30.5 Å². The van der Waals surface area contributed by atoms with E-state index in [9.17, 15) is 4.79 Å². The zero-order valence-corrected chi connectivity index (χ0v) is 9.94. The molecule has 0 saturated carbocycles. The highest BCUT2D eigenvalue weighted by molar-refractivity contribution is 5.70. The molecule has 4 nitrogen and oxygen atoms in total. The molecule has 2 N–H and O–H groups in total. The molecule has 92 valence electrons. The molecule has 0 radical (unpaired) electrons. The molecule has 1 heterocycles. The van der Waals surface area contributed by atoms with E-state index in [0.717, 1.165) is 24.3 Å². The standard InChI is InChI=1S/C13H17NO3/c1-2-16-13(15)8-11(14)9-3-4-12-10(7-9)5-6-17-12/h3-4,7,11H,2,5-6,8,14H2,1H3/t11-/m1/s1. The number of hydrogen-bond acceptors (Lipinski definition) is 4. The van der Waals surface area contributed by atoms with Gasteiger partial charge >= 0.3 is 5.97 Å². The number of ether oxygens (including phenoxy) is 2. The van der Waals surface area contributed by atoms with Gasteiger partial charge in [-0.1, -0.05) is 12.1 Å². The van der Waals surface area contributed by atoms with Crippen molar-refractivity contribution in [2.24, 2.45) is 5.73 Å². The zero-order valence-electron chi connectivity index (χ0n) is 9.94. The summed E-state index contributed by atoms with van der Waals surface area (Å²) in [4.78, 5) is 11.3. The normalized spacial score (nSPS) is 14.9. The van der Waals surface area contributed by atoms with Gasteiger partial charge in [-0.25, -0.2) is 0 Å². The van der Waals surface area contributed by atoms with E-state index in [1.165, 1.54) is 5.56 Å². The van der Waals surface area contributed by atoms with Crippen LogP contribution >= 0.6 is 0 Å². The number of carbonyl (C=O) groups excluding carboxylic acids is 1. The van der Waals surface area contributed by atoms with E-state index >= 15 is 0 Å². The molecule has 0 spiro atoms. The van der Waals surface area contributed by atoms with Crippen molar-refractivity contribution in [2.75, 3.05) is 13.2 Å². The van der Waals surface area contributed by atoms with E-state index in [1.54, 1.807) is 6.92 Å². The van der Waals surface area contributed by atoms with Crippen LogP contribution in [0.15, 0.2) is 18.2 Å². The maximum absolute atomic E-state index is 11.3. The van der Waals surface area contributed by atoms with Crippen molar-refractivity contribution in [3.63, 3.8) is 0 Å². The molecule has 1 atom stereocenters. The van der Waals surface area contributed by atoms with E-state index in [0.29, 0.717) is 6.61 Å². The molecular formula is C13H17NO3. The molecule has 0 aromatic heterocycles. The minimum Gasteiger partial charge on any atom is -0.493 e. The first-order valence-corrected chi connectivity index (χ1v) is 5.87. The Morgan fingerprint density at radius 1 is 1.59 bits per heavy atom. The van der Waals surface area contributed by atoms with E-state index in [4.69, 9.17) is 15.2 Å². The SMILES string of the molecule is CCOC(=O)C[C@@H](N)c1ccc2c(c1)CCO2. The fourth-order valence-electron chi connectivity index (χ4n) is 1.95. The predicted molar refractivity (Wildman–Crippen MR) is 63.8 cm³/mol. The Kier molecular flexibility index (Phi) is 3.64. The zero-order chi connectivity index (χ0) is 12.3. The lowest BCUT2D eigenvalue weighted by Crippen LogP contribution is -2.17. The highest BCUT2D eigenvalue weighted by Crippen LogP contribution is 2.28. The third-order valence-corrected chi connectivity index (χ3v) is 2.83. The van der Waals surface area contributed by atoms with Crippen LogP contribution in [0.2, 0.25) is 0 Å². The quantitative estimate of drug-likeness (QED) is 0.805. The summed E-state index contributed by atoms with van der Waals surface area (Å²) in [6.07, 6.45) is 1.13. The number of benzene rings is 1. The first-order valence-electron chi connectivity index (χ1n) is 5.87. The van der Waals surface area contributed by atoms with E-state index in [-0.39, 0.29) is 18.4 Å². The number of esters is 1. The minimum absolute atomic E-state index is 0.216. The highest BCUT2D eigenvalue weighted by Gasteiger charge is 2.17. The molecule has 1 aliphatic heterocycles. The number of hydrogen-bond donors (Lipinski definition) is 1. The third-order valence-electron chi connectivity index (χ3n) is 2.83. The number of rotatable bonds is 4. The molecule has 0 unspecified atom stereocenters. The fraction of sp³-hybridized carbons (Fsp3) is 0.462. The fourth-order valence-corrected chi connectivity index (χ4v) is 1.95. The highest BCUT2D eigenvalue weighted by atomic mass is 16.5. The van der Waals surface area contributed by atoms with Gasteiger partial charge in [-0.15, -0.1) is 0 Å². The van der Waals surface area contributed by atoms with Crippen LogP contribution in [-0.2, 0) is 16.0 Å². The summed E-state index contributed by atoms with van der Waals surface area (Å²) in [7, 11) is 0. The predicted octanol–water partition coefficient (Wildman–Crippen LogP) is 1.57. The first kappa shape index (κ1) is 11.9. The number of nitrogens with two attached hydrogens (primary N) is 1. The van der Waals surface area contributed by atoms with Gasteiger partial charge in [0.25, 0.3) is 0 Å². The molecule has 1 aliphatic rings. The minimum atomic E-state index is -0.306. The third kappa shape index (κ3) is 2.77. The van der Waals surface area contributed by atoms with Gasteiger partial charge in [0.1, 0.15) is 5.75 Å². The lowest BCUT2D eigenvalue weighted by atomic mass is 10.0. The van der Waals surface area contributed by atoms with Crippen LogP contribution in [-0.4, -0.2) is 19.2 Å². The van der Waals surface area contributed by atoms with Crippen LogP contribution in [0.25, 0.3) is 0 Å². The maximum Gasteiger partial charge on any atom is 0.307 e. The number of carbonyl (C=O) groups is 1. The Morgan fingerprint density at radius 3 is 3.18 bits per heavy atom. The summed E-state index contributed by atoms with van der Waals surface area (Å²) in [6, 6.07) is 5.54. The second kappa shape index (κ2) is 5.19. The molecule has 4 heteroatoms. The molecule has 0 amide bonds. The van der Waals surface area contributed by atoms with Gasteiger partial charge in [0, 0.05) is 12.5 Å². The Morgan fingerprint density at radius 2 is 2.41 bits per heavy atom. The van der Waals surface area contributed by atoms with Crippen LogP contribution in [0.4, 0.5) is 0 Å². The molecule has 2 rings (SSSR count). The van der Waals surface area contributed by atoms with Crippen molar-refractivity contribution in [3.05, 3.63) is 29.3 Å². The summed E-state index contributed by atoms with van der Waals surface area (Å²) in [5.41, 5.74) is 8.11. The van der Waals surface area contributed by atoms with Gasteiger partial charge in [0.15, 0.2) is 0 Å². The summed E-state index contributed by atoms with van der Waals surface area (Å²) >= 11 is 0. The van der Waals surface area contributed by atoms with Crippen LogP contribution in [0.5, 0.6) is 5.75 Å². The van der Waals surface area contributed by atoms with Crippen LogP contribution < -0.4 is 10.5 Å². The van der Waals surface area contributed by atoms with E-state index < -0.39 is 0 Å². The van der Waals surface area contributed by atoms with Crippen molar-refractivity contribution >= 4 is 5.97 Å².